The predicted molar refractivity (Wildman–Crippen MR) is 95.6 cm³/mol. The van der Waals surface area contributed by atoms with Gasteiger partial charge in [0.1, 0.15) is 17.2 Å². The first kappa shape index (κ1) is 17.0. The number of nitrogens with zero attached hydrogens (tertiary/aromatic N) is 3. The number of nitriles is 1. The zero-order valence-electron chi connectivity index (χ0n) is 14.2. The average Bonchev–Trinajstić information content (AvgIpc) is 3.13. The van der Waals surface area contributed by atoms with Gasteiger partial charge in [0.2, 0.25) is 0 Å². The molecule has 0 aliphatic heterocycles. The fourth-order valence-corrected chi connectivity index (χ4v) is 2.45. The molecule has 0 aliphatic carbocycles. The van der Waals surface area contributed by atoms with Gasteiger partial charge in [-0.1, -0.05) is 6.07 Å². The first-order valence-corrected chi connectivity index (χ1v) is 7.77. The Hall–Kier alpha value is -3.79. The van der Waals surface area contributed by atoms with E-state index in [0.29, 0.717) is 17.0 Å². The smallest absolute Gasteiger partial charge is 0.276 e. The molecule has 0 unspecified atom stereocenters. The Bertz CT molecular complexity index is 1020. The van der Waals surface area contributed by atoms with Crippen LogP contribution in [0.15, 0.2) is 48.7 Å². The highest BCUT2D eigenvalue weighted by Gasteiger charge is 2.14. The molecule has 3 rings (SSSR count). The Kier molecular flexibility index (Phi) is 4.58. The fourth-order valence-electron chi connectivity index (χ4n) is 2.45. The molecule has 2 N–H and O–H groups in total. The standard InChI is InChI=1S/C19H16N4O3/c1-12-3-6-18(26-2)16(9-12)23-8-7-14(22-23)19(25)21-15-10-13(11-20)4-5-17(15)24/h3-10,24H,1-2H3,(H,21,25). The fraction of sp³-hybridized carbons (Fsp3) is 0.105. The van der Waals surface area contributed by atoms with Crippen molar-refractivity contribution in [3.05, 3.63) is 65.5 Å². The molecule has 0 aliphatic rings. The molecule has 0 fully saturated rings. The molecule has 1 aromatic heterocycles. The first-order chi connectivity index (χ1) is 12.5. The van der Waals surface area contributed by atoms with Gasteiger partial charge < -0.3 is 15.2 Å². The van der Waals surface area contributed by atoms with Crippen LogP contribution in [0.3, 0.4) is 0 Å². The second-order valence-electron chi connectivity index (χ2n) is 5.62. The summed E-state index contributed by atoms with van der Waals surface area (Å²) in [6.07, 6.45) is 1.65. The maximum Gasteiger partial charge on any atom is 0.276 e. The van der Waals surface area contributed by atoms with E-state index in [1.807, 2.05) is 31.2 Å². The van der Waals surface area contributed by atoms with Gasteiger partial charge >= 0.3 is 0 Å². The average molecular weight is 348 g/mol. The van der Waals surface area contributed by atoms with Crippen molar-refractivity contribution in [3.8, 4) is 23.3 Å². The number of hydrogen-bond acceptors (Lipinski definition) is 5. The number of aromatic hydroxyl groups is 1. The van der Waals surface area contributed by atoms with E-state index < -0.39 is 5.91 Å². The number of hydrogen-bond donors (Lipinski definition) is 2. The van der Waals surface area contributed by atoms with E-state index >= 15 is 0 Å². The number of amides is 1. The summed E-state index contributed by atoms with van der Waals surface area (Å²) in [4.78, 5) is 12.4. The van der Waals surface area contributed by atoms with E-state index in [2.05, 4.69) is 10.4 Å². The van der Waals surface area contributed by atoms with Crippen LogP contribution >= 0.6 is 0 Å². The van der Waals surface area contributed by atoms with Crippen molar-refractivity contribution in [2.75, 3.05) is 12.4 Å². The number of benzene rings is 2. The van der Waals surface area contributed by atoms with Gasteiger partial charge in [-0.25, -0.2) is 4.68 Å². The summed E-state index contributed by atoms with van der Waals surface area (Å²) in [7, 11) is 1.57. The minimum atomic E-state index is -0.499. The Morgan fingerprint density at radius 3 is 2.81 bits per heavy atom. The van der Waals surface area contributed by atoms with Gasteiger partial charge in [0.05, 0.1) is 24.4 Å². The van der Waals surface area contributed by atoms with Crippen molar-refractivity contribution in [2.24, 2.45) is 0 Å². The van der Waals surface area contributed by atoms with Crippen molar-refractivity contribution < 1.29 is 14.6 Å². The number of aryl methyl sites for hydroxylation is 1. The largest absolute Gasteiger partial charge is 0.506 e. The predicted octanol–water partition coefficient (Wildman–Crippen LogP) is 3.02. The normalized spacial score (nSPS) is 10.2. The number of nitrogens with one attached hydrogen (secondary N) is 1. The highest BCUT2D eigenvalue weighted by molar-refractivity contribution is 6.03. The van der Waals surface area contributed by atoms with Crippen LogP contribution in [-0.4, -0.2) is 27.9 Å². The Morgan fingerprint density at radius 2 is 2.08 bits per heavy atom. The molecule has 0 radical (unpaired) electrons. The lowest BCUT2D eigenvalue weighted by Gasteiger charge is -2.09. The van der Waals surface area contributed by atoms with Gasteiger partial charge in [-0.15, -0.1) is 0 Å². The van der Waals surface area contributed by atoms with Crippen LogP contribution in [0.5, 0.6) is 11.5 Å². The Labute approximate surface area is 150 Å². The number of methoxy groups -OCH3 is 1. The van der Waals surface area contributed by atoms with E-state index in [-0.39, 0.29) is 17.1 Å². The van der Waals surface area contributed by atoms with Crippen LogP contribution in [-0.2, 0) is 0 Å². The molecule has 0 saturated carbocycles. The second-order valence-corrected chi connectivity index (χ2v) is 5.62. The highest BCUT2D eigenvalue weighted by atomic mass is 16.5. The van der Waals surface area contributed by atoms with Gasteiger partial charge in [-0.2, -0.15) is 10.4 Å². The lowest BCUT2D eigenvalue weighted by molar-refractivity contribution is 0.102. The van der Waals surface area contributed by atoms with E-state index in [1.54, 1.807) is 24.1 Å². The van der Waals surface area contributed by atoms with Crippen LogP contribution in [0.1, 0.15) is 21.6 Å². The zero-order chi connectivity index (χ0) is 18.7. The third-order valence-electron chi connectivity index (χ3n) is 3.78. The molecule has 130 valence electrons. The van der Waals surface area contributed by atoms with Crippen LogP contribution < -0.4 is 10.1 Å². The number of carbonyl (C=O) groups excluding carboxylic acids is 1. The molecule has 7 nitrogen and oxygen atoms in total. The molecule has 7 heteroatoms. The van der Waals surface area contributed by atoms with Gasteiger partial charge in [0.15, 0.2) is 5.69 Å². The molecular weight excluding hydrogens is 332 g/mol. The number of anilines is 1. The first-order valence-electron chi connectivity index (χ1n) is 7.77. The minimum Gasteiger partial charge on any atom is -0.506 e. The Morgan fingerprint density at radius 1 is 1.27 bits per heavy atom. The molecule has 3 aromatic rings. The minimum absolute atomic E-state index is 0.128. The summed E-state index contributed by atoms with van der Waals surface area (Å²) >= 11 is 0. The quantitative estimate of drug-likeness (QED) is 0.706. The van der Waals surface area contributed by atoms with E-state index in [9.17, 15) is 9.90 Å². The van der Waals surface area contributed by atoms with Crippen molar-refractivity contribution >= 4 is 11.6 Å². The maximum atomic E-state index is 12.4. The molecule has 0 bridgehead atoms. The summed E-state index contributed by atoms with van der Waals surface area (Å²) in [5, 5.41) is 25.6. The Balaban J connectivity index is 1.88. The lowest BCUT2D eigenvalue weighted by atomic mass is 10.2. The molecule has 2 aromatic carbocycles. The molecule has 1 heterocycles. The van der Waals surface area contributed by atoms with Gasteiger partial charge in [-0.05, 0) is 48.9 Å². The number of phenols is 1. The summed E-state index contributed by atoms with van der Waals surface area (Å²) in [5.41, 5.74) is 2.38. The highest BCUT2D eigenvalue weighted by Crippen LogP contribution is 2.25. The maximum absolute atomic E-state index is 12.4. The topological polar surface area (TPSA) is 100 Å². The summed E-state index contributed by atoms with van der Waals surface area (Å²) in [6.45, 7) is 1.95. The van der Waals surface area contributed by atoms with Crippen LogP contribution in [0.2, 0.25) is 0 Å². The third kappa shape index (κ3) is 3.35. The number of aromatic nitrogens is 2. The molecule has 26 heavy (non-hydrogen) atoms. The van der Waals surface area contributed by atoms with Crippen molar-refractivity contribution in [2.45, 2.75) is 6.92 Å². The van der Waals surface area contributed by atoms with Crippen molar-refractivity contribution in [1.82, 2.24) is 9.78 Å². The molecule has 0 spiro atoms. The number of phenolic OH excluding ortho intramolecular Hbond substituents is 1. The number of ether oxygens (including phenoxy) is 1. The lowest BCUT2D eigenvalue weighted by Crippen LogP contribution is -2.13. The number of carbonyl (C=O) groups is 1. The van der Waals surface area contributed by atoms with E-state index in [4.69, 9.17) is 10.00 Å². The van der Waals surface area contributed by atoms with E-state index in [0.717, 1.165) is 5.56 Å². The second kappa shape index (κ2) is 6.99. The molecule has 1 amide bonds. The van der Waals surface area contributed by atoms with Crippen LogP contribution in [0, 0.1) is 18.3 Å². The SMILES string of the molecule is COc1ccc(C)cc1-n1ccc(C(=O)Nc2cc(C#N)ccc2O)n1. The molecule has 0 atom stereocenters. The van der Waals surface area contributed by atoms with Gasteiger partial charge in [0, 0.05) is 6.20 Å². The summed E-state index contributed by atoms with van der Waals surface area (Å²) < 4.78 is 6.88. The van der Waals surface area contributed by atoms with Crippen molar-refractivity contribution in [1.29, 1.82) is 5.26 Å². The summed E-state index contributed by atoms with van der Waals surface area (Å²) in [6, 6.07) is 13.4. The third-order valence-corrected chi connectivity index (χ3v) is 3.78. The monoisotopic (exact) mass is 348 g/mol. The molecule has 0 saturated heterocycles. The van der Waals surface area contributed by atoms with E-state index in [1.165, 1.54) is 18.2 Å². The van der Waals surface area contributed by atoms with Gasteiger partial charge in [0.25, 0.3) is 5.91 Å². The van der Waals surface area contributed by atoms with Crippen LogP contribution in [0.25, 0.3) is 5.69 Å². The molecular formula is C19H16N4O3. The summed E-state index contributed by atoms with van der Waals surface area (Å²) in [5.74, 6) is 0.00270. The zero-order valence-corrected chi connectivity index (χ0v) is 14.2. The van der Waals surface area contributed by atoms with Gasteiger partial charge in [-0.3, -0.25) is 4.79 Å². The van der Waals surface area contributed by atoms with Crippen molar-refractivity contribution in [3.63, 3.8) is 0 Å². The van der Waals surface area contributed by atoms with Crippen LogP contribution in [0.4, 0.5) is 5.69 Å². The number of rotatable bonds is 4.